The molecule has 104 valence electrons. The molecular formula is C14H21N3O2. The van der Waals surface area contributed by atoms with Crippen LogP contribution in [0.5, 0.6) is 0 Å². The fraction of sp³-hybridized carbons (Fsp3) is 0.571. The van der Waals surface area contributed by atoms with Gasteiger partial charge in [0.25, 0.3) is 5.56 Å². The summed E-state index contributed by atoms with van der Waals surface area (Å²) in [6.07, 6.45) is 4.31. The van der Waals surface area contributed by atoms with Crippen molar-refractivity contribution in [1.29, 1.82) is 0 Å². The molecule has 2 heterocycles. The molecule has 2 rings (SSSR count). The number of aromatic nitrogens is 1. The van der Waals surface area contributed by atoms with Crippen LogP contribution < -0.4 is 16.2 Å². The second kappa shape index (κ2) is 6.52. The van der Waals surface area contributed by atoms with Gasteiger partial charge < -0.3 is 15.2 Å². The number of rotatable bonds is 5. The molecule has 0 spiro atoms. The zero-order chi connectivity index (χ0) is 13.7. The minimum atomic E-state index is -0.0440. The van der Waals surface area contributed by atoms with E-state index in [2.05, 4.69) is 10.6 Å². The molecule has 5 nitrogen and oxygen atoms in total. The highest BCUT2D eigenvalue weighted by molar-refractivity contribution is 5.90. The molecule has 1 aliphatic heterocycles. The van der Waals surface area contributed by atoms with Gasteiger partial charge in [-0.3, -0.25) is 9.59 Å². The quantitative estimate of drug-likeness (QED) is 0.839. The van der Waals surface area contributed by atoms with E-state index in [0.29, 0.717) is 24.6 Å². The Balaban J connectivity index is 1.85. The number of carbonyl (C=O) groups excluding carboxylic acids is 1. The lowest BCUT2D eigenvalue weighted by molar-refractivity contribution is -0.116. The number of anilines is 1. The molecule has 1 atom stereocenters. The lowest BCUT2D eigenvalue weighted by atomic mass is 10.0. The van der Waals surface area contributed by atoms with Gasteiger partial charge >= 0.3 is 0 Å². The fourth-order valence-corrected chi connectivity index (χ4v) is 2.37. The lowest BCUT2D eigenvalue weighted by Crippen LogP contribution is -2.20. The SMILES string of the molecule is CCn1cc(NC(=O)CCC2CCNC2)ccc1=O. The fourth-order valence-electron chi connectivity index (χ4n) is 2.37. The second-order valence-corrected chi connectivity index (χ2v) is 4.99. The Kier molecular flexibility index (Phi) is 4.74. The molecule has 1 amide bonds. The van der Waals surface area contributed by atoms with E-state index in [-0.39, 0.29) is 11.5 Å². The lowest BCUT2D eigenvalue weighted by Gasteiger charge is -2.10. The number of pyridine rings is 1. The van der Waals surface area contributed by atoms with E-state index >= 15 is 0 Å². The van der Waals surface area contributed by atoms with E-state index in [4.69, 9.17) is 0 Å². The average molecular weight is 263 g/mol. The molecule has 0 aromatic carbocycles. The summed E-state index contributed by atoms with van der Waals surface area (Å²) in [6, 6.07) is 3.14. The molecule has 1 aromatic heterocycles. The summed E-state index contributed by atoms with van der Waals surface area (Å²) in [5.41, 5.74) is 0.647. The summed E-state index contributed by atoms with van der Waals surface area (Å²) in [6.45, 7) is 4.60. The summed E-state index contributed by atoms with van der Waals surface area (Å²) in [5.74, 6) is 0.642. The maximum atomic E-state index is 11.8. The van der Waals surface area contributed by atoms with Crippen LogP contribution in [0, 0.1) is 5.92 Å². The van der Waals surface area contributed by atoms with Crippen molar-refractivity contribution in [2.24, 2.45) is 5.92 Å². The smallest absolute Gasteiger partial charge is 0.250 e. The third-order valence-corrected chi connectivity index (χ3v) is 3.55. The second-order valence-electron chi connectivity index (χ2n) is 4.99. The Morgan fingerprint density at radius 2 is 2.37 bits per heavy atom. The summed E-state index contributed by atoms with van der Waals surface area (Å²) in [4.78, 5) is 23.3. The third-order valence-electron chi connectivity index (χ3n) is 3.55. The standard InChI is InChI=1S/C14H21N3O2/c1-2-17-10-12(4-6-14(17)19)16-13(18)5-3-11-7-8-15-9-11/h4,6,10-11,15H,2-3,5,7-9H2,1H3,(H,16,18). The van der Waals surface area contributed by atoms with Gasteiger partial charge in [0.2, 0.25) is 5.91 Å². The van der Waals surface area contributed by atoms with Crippen LogP contribution in [0.1, 0.15) is 26.2 Å². The topological polar surface area (TPSA) is 63.1 Å². The van der Waals surface area contributed by atoms with E-state index < -0.39 is 0 Å². The van der Waals surface area contributed by atoms with Crippen LogP contribution >= 0.6 is 0 Å². The summed E-state index contributed by atoms with van der Waals surface area (Å²) in [7, 11) is 0. The highest BCUT2D eigenvalue weighted by Crippen LogP contribution is 2.15. The van der Waals surface area contributed by atoms with E-state index in [1.165, 1.54) is 6.07 Å². The van der Waals surface area contributed by atoms with Crippen LogP contribution in [-0.4, -0.2) is 23.6 Å². The van der Waals surface area contributed by atoms with Crippen LogP contribution in [0.3, 0.4) is 0 Å². The van der Waals surface area contributed by atoms with Crippen molar-refractivity contribution in [3.63, 3.8) is 0 Å². The highest BCUT2D eigenvalue weighted by atomic mass is 16.1. The third kappa shape index (κ3) is 3.92. The first-order chi connectivity index (χ1) is 9.19. The summed E-state index contributed by atoms with van der Waals surface area (Å²) < 4.78 is 1.58. The average Bonchev–Trinajstić information content (AvgIpc) is 2.92. The van der Waals surface area contributed by atoms with Gasteiger partial charge in [-0.2, -0.15) is 0 Å². The van der Waals surface area contributed by atoms with E-state index in [0.717, 1.165) is 25.9 Å². The van der Waals surface area contributed by atoms with Gasteiger partial charge in [-0.05, 0) is 44.8 Å². The van der Waals surface area contributed by atoms with Gasteiger partial charge in [-0.15, -0.1) is 0 Å². The molecular weight excluding hydrogens is 242 g/mol. The van der Waals surface area contributed by atoms with Crippen LogP contribution in [-0.2, 0) is 11.3 Å². The first kappa shape index (κ1) is 13.8. The van der Waals surface area contributed by atoms with E-state index in [9.17, 15) is 9.59 Å². The number of aryl methyl sites for hydroxylation is 1. The predicted molar refractivity (Wildman–Crippen MR) is 75.2 cm³/mol. The number of nitrogens with one attached hydrogen (secondary N) is 2. The van der Waals surface area contributed by atoms with Crippen molar-refractivity contribution in [3.05, 3.63) is 28.7 Å². The minimum Gasteiger partial charge on any atom is -0.325 e. The highest BCUT2D eigenvalue weighted by Gasteiger charge is 2.15. The van der Waals surface area contributed by atoms with Gasteiger partial charge in [0, 0.05) is 25.2 Å². The minimum absolute atomic E-state index is 0.0215. The molecule has 0 bridgehead atoms. The molecule has 1 aliphatic rings. The molecule has 0 saturated carbocycles. The Morgan fingerprint density at radius 3 is 3.05 bits per heavy atom. The van der Waals surface area contributed by atoms with Gasteiger partial charge in [-0.1, -0.05) is 0 Å². The number of amides is 1. The zero-order valence-electron chi connectivity index (χ0n) is 11.3. The first-order valence-electron chi connectivity index (χ1n) is 6.90. The molecule has 0 aliphatic carbocycles. The van der Waals surface area contributed by atoms with Gasteiger partial charge in [0.05, 0.1) is 5.69 Å². The number of nitrogens with zero attached hydrogens (tertiary/aromatic N) is 1. The number of carbonyl (C=O) groups is 1. The van der Waals surface area contributed by atoms with Crippen LogP contribution in [0.4, 0.5) is 5.69 Å². The maximum absolute atomic E-state index is 11.8. The van der Waals surface area contributed by atoms with Crippen molar-refractivity contribution in [1.82, 2.24) is 9.88 Å². The zero-order valence-corrected chi connectivity index (χ0v) is 11.3. The molecule has 1 unspecified atom stereocenters. The summed E-state index contributed by atoms with van der Waals surface area (Å²) >= 11 is 0. The molecule has 1 fully saturated rings. The van der Waals surface area contributed by atoms with Crippen LogP contribution in [0.25, 0.3) is 0 Å². The normalized spacial score (nSPS) is 18.5. The first-order valence-corrected chi connectivity index (χ1v) is 6.90. The van der Waals surface area contributed by atoms with E-state index in [1.807, 2.05) is 6.92 Å². The largest absolute Gasteiger partial charge is 0.325 e. The monoisotopic (exact) mass is 263 g/mol. The molecule has 5 heteroatoms. The van der Waals surface area contributed by atoms with Crippen molar-refractivity contribution >= 4 is 11.6 Å². The van der Waals surface area contributed by atoms with Crippen molar-refractivity contribution in [2.75, 3.05) is 18.4 Å². The summed E-state index contributed by atoms with van der Waals surface area (Å²) in [5, 5.41) is 6.15. The Morgan fingerprint density at radius 1 is 1.53 bits per heavy atom. The van der Waals surface area contributed by atoms with Crippen molar-refractivity contribution in [3.8, 4) is 0 Å². The number of hydrogen-bond acceptors (Lipinski definition) is 3. The van der Waals surface area contributed by atoms with Crippen molar-refractivity contribution in [2.45, 2.75) is 32.7 Å². The molecule has 1 aromatic rings. The van der Waals surface area contributed by atoms with Gasteiger partial charge in [0.15, 0.2) is 0 Å². The molecule has 2 N–H and O–H groups in total. The molecule has 1 saturated heterocycles. The Labute approximate surface area is 113 Å². The molecule has 0 radical (unpaired) electrons. The predicted octanol–water partition coefficient (Wildman–Crippen LogP) is 1.20. The molecule has 19 heavy (non-hydrogen) atoms. The van der Waals surface area contributed by atoms with Gasteiger partial charge in [-0.25, -0.2) is 0 Å². The maximum Gasteiger partial charge on any atom is 0.250 e. The van der Waals surface area contributed by atoms with Crippen molar-refractivity contribution < 1.29 is 4.79 Å². The Bertz CT molecular complexity index is 490. The van der Waals surface area contributed by atoms with E-state index in [1.54, 1.807) is 16.8 Å². The van der Waals surface area contributed by atoms with Crippen LogP contribution in [0.15, 0.2) is 23.1 Å². The number of hydrogen-bond donors (Lipinski definition) is 2. The van der Waals surface area contributed by atoms with Gasteiger partial charge in [0.1, 0.15) is 0 Å². The Hall–Kier alpha value is -1.62. The van der Waals surface area contributed by atoms with Crippen LogP contribution in [0.2, 0.25) is 0 Å².